The number of likely N-dealkylation sites (N-methyl/N-ethyl adjacent to an activating group) is 1. The van der Waals surface area contributed by atoms with Gasteiger partial charge in [0.1, 0.15) is 0 Å². The summed E-state index contributed by atoms with van der Waals surface area (Å²) in [5, 5.41) is 9.11. The lowest BCUT2D eigenvalue weighted by molar-refractivity contribution is -0.132. The van der Waals surface area contributed by atoms with E-state index in [1.165, 1.54) is 16.7 Å². The van der Waals surface area contributed by atoms with E-state index in [0.29, 0.717) is 10.8 Å². The smallest absolute Gasteiger partial charge is 0.243 e. The Labute approximate surface area is 144 Å². The van der Waals surface area contributed by atoms with Crippen LogP contribution < -0.4 is 11.1 Å². The first-order valence-electron chi connectivity index (χ1n) is 7.31. The molecule has 9 heteroatoms. The minimum atomic E-state index is -0.433. The SMILES string of the molecule is Cc1ccc(NC(=O)CN(C)C(=O)[C@@H](C)Sc2n[nH]c(N)n2)cc1. The number of nitrogen functional groups attached to an aromatic ring is 1. The van der Waals surface area contributed by atoms with Crippen LogP contribution in [0.25, 0.3) is 0 Å². The van der Waals surface area contributed by atoms with Gasteiger partial charge in [0.2, 0.25) is 22.9 Å². The molecule has 2 aromatic rings. The topological polar surface area (TPSA) is 117 Å². The van der Waals surface area contributed by atoms with E-state index in [0.717, 1.165) is 5.56 Å². The van der Waals surface area contributed by atoms with Crippen molar-refractivity contribution < 1.29 is 9.59 Å². The molecule has 128 valence electrons. The highest BCUT2D eigenvalue weighted by atomic mass is 32.2. The van der Waals surface area contributed by atoms with E-state index in [4.69, 9.17) is 5.73 Å². The summed E-state index contributed by atoms with van der Waals surface area (Å²) in [5.74, 6) is -0.251. The predicted octanol–water partition coefficient (Wildman–Crippen LogP) is 1.27. The fraction of sp³-hybridized carbons (Fsp3) is 0.333. The Morgan fingerprint density at radius 1 is 1.38 bits per heavy atom. The minimum absolute atomic E-state index is 0.0340. The number of nitrogens with two attached hydrogens (primary N) is 1. The lowest BCUT2D eigenvalue weighted by atomic mass is 10.2. The third kappa shape index (κ3) is 4.98. The zero-order valence-electron chi connectivity index (χ0n) is 13.7. The molecule has 1 aromatic carbocycles. The van der Waals surface area contributed by atoms with E-state index in [9.17, 15) is 9.59 Å². The maximum absolute atomic E-state index is 12.3. The maximum Gasteiger partial charge on any atom is 0.243 e. The highest BCUT2D eigenvalue weighted by Crippen LogP contribution is 2.20. The fourth-order valence-electron chi connectivity index (χ4n) is 1.96. The maximum atomic E-state index is 12.3. The number of aromatic nitrogens is 3. The van der Waals surface area contributed by atoms with Crippen molar-refractivity contribution in [3.63, 3.8) is 0 Å². The highest BCUT2D eigenvalue weighted by molar-refractivity contribution is 8.00. The first-order chi connectivity index (χ1) is 11.3. The summed E-state index contributed by atoms with van der Waals surface area (Å²) in [6, 6.07) is 7.46. The molecule has 0 aliphatic carbocycles. The third-order valence-electron chi connectivity index (χ3n) is 3.20. The number of nitrogens with one attached hydrogen (secondary N) is 2. The van der Waals surface area contributed by atoms with Crippen LogP contribution in [0.5, 0.6) is 0 Å². The summed E-state index contributed by atoms with van der Waals surface area (Å²) >= 11 is 1.18. The number of amides is 2. The number of anilines is 2. The molecule has 0 unspecified atom stereocenters. The van der Waals surface area contributed by atoms with E-state index < -0.39 is 5.25 Å². The van der Waals surface area contributed by atoms with Crippen LogP contribution in [0.2, 0.25) is 0 Å². The van der Waals surface area contributed by atoms with Gasteiger partial charge in [-0.05, 0) is 26.0 Å². The Bertz CT molecular complexity index is 715. The van der Waals surface area contributed by atoms with Gasteiger partial charge in [-0.15, -0.1) is 5.10 Å². The summed E-state index contributed by atoms with van der Waals surface area (Å²) in [7, 11) is 1.58. The minimum Gasteiger partial charge on any atom is -0.368 e. The van der Waals surface area contributed by atoms with Crippen molar-refractivity contribution in [3.05, 3.63) is 29.8 Å². The van der Waals surface area contributed by atoms with Crippen LogP contribution in [0.3, 0.4) is 0 Å². The molecular weight excluding hydrogens is 328 g/mol. The van der Waals surface area contributed by atoms with Gasteiger partial charge < -0.3 is 16.0 Å². The Balaban J connectivity index is 1.85. The first-order valence-corrected chi connectivity index (χ1v) is 8.19. The molecule has 1 aromatic heterocycles. The molecule has 8 nitrogen and oxygen atoms in total. The van der Waals surface area contributed by atoms with Crippen LogP contribution in [0.4, 0.5) is 11.6 Å². The second kappa shape index (κ2) is 7.82. The van der Waals surface area contributed by atoms with Gasteiger partial charge in [0.15, 0.2) is 0 Å². The van der Waals surface area contributed by atoms with Crippen LogP contribution in [0.15, 0.2) is 29.4 Å². The van der Waals surface area contributed by atoms with Crippen molar-refractivity contribution in [2.75, 3.05) is 24.6 Å². The molecular formula is C15H20N6O2S. The molecule has 2 rings (SSSR count). The summed E-state index contributed by atoms with van der Waals surface area (Å²) in [4.78, 5) is 29.7. The number of rotatable bonds is 6. The van der Waals surface area contributed by atoms with Crippen molar-refractivity contribution in [3.8, 4) is 0 Å². The number of hydrogen-bond donors (Lipinski definition) is 3. The van der Waals surface area contributed by atoms with Crippen LogP contribution in [0.1, 0.15) is 12.5 Å². The Hall–Kier alpha value is -2.55. The average molecular weight is 348 g/mol. The van der Waals surface area contributed by atoms with E-state index >= 15 is 0 Å². The molecule has 0 saturated heterocycles. The van der Waals surface area contributed by atoms with E-state index in [-0.39, 0.29) is 24.3 Å². The molecule has 0 radical (unpaired) electrons. The number of aryl methyl sites for hydroxylation is 1. The molecule has 2 amide bonds. The molecule has 0 saturated carbocycles. The van der Waals surface area contributed by atoms with Gasteiger partial charge in [-0.25, -0.2) is 5.10 Å². The molecule has 0 aliphatic heterocycles. The first kappa shape index (κ1) is 17.8. The second-order valence-corrected chi connectivity index (χ2v) is 6.68. The zero-order chi connectivity index (χ0) is 17.7. The summed E-state index contributed by atoms with van der Waals surface area (Å²) in [6.07, 6.45) is 0. The molecule has 1 atom stereocenters. The lowest BCUT2D eigenvalue weighted by Crippen LogP contribution is -2.38. The fourth-order valence-corrected chi connectivity index (χ4v) is 2.81. The highest BCUT2D eigenvalue weighted by Gasteiger charge is 2.22. The van der Waals surface area contributed by atoms with E-state index in [1.54, 1.807) is 14.0 Å². The number of carbonyl (C=O) groups excluding carboxylic acids is 2. The number of thioether (sulfide) groups is 1. The number of benzene rings is 1. The predicted molar refractivity (Wildman–Crippen MR) is 93.6 cm³/mol. The van der Waals surface area contributed by atoms with Gasteiger partial charge in [-0.2, -0.15) is 4.98 Å². The Morgan fingerprint density at radius 3 is 2.62 bits per heavy atom. The van der Waals surface area contributed by atoms with Crippen LogP contribution in [0, 0.1) is 6.92 Å². The Morgan fingerprint density at radius 2 is 2.04 bits per heavy atom. The van der Waals surface area contributed by atoms with Gasteiger partial charge in [-0.3, -0.25) is 9.59 Å². The quantitative estimate of drug-likeness (QED) is 0.677. The zero-order valence-corrected chi connectivity index (χ0v) is 14.6. The average Bonchev–Trinajstić information content (AvgIpc) is 2.93. The third-order valence-corrected chi connectivity index (χ3v) is 4.15. The summed E-state index contributed by atoms with van der Waals surface area (Å²) < 4.78 is 0. The van der Waals surface area contributed by atoms with Gasteiger partial charge in [0, 0.05) is 12.7 Å². The Kier molecular flexibility index (Phi) is 5.80. The molecule has 4 N–H and O–H groups in total. The molecule has 0 fully saturated rings. The standard InChI is InChI=1S/C15H20N6O2S/c1-9-4-6-11(7-5-9)17-12(22)8-21(3)13(23)10(2)24-15-18-14(16)19-20-15/h4-7,10H,8H2,1-3H3,(H,17,22)(H3,16,18,19,20)/t10-/m1/s1. The van der Waals surface area contributed by atoms with Gasteiger partial charge >= 0.3 is 0 Å². The van der Waals surface area contributed by atoms with Crippen LogP contribution in [-0.4, -0.2) is 50.7 Å². The molecule has 1 heterocycles. The molecule has 24 heavy (non-hydrogen) atoms. The number of H-pyrrole nitrogens is 1. The number of hydrogen-bond acceptors (Lipinski definition) is 6. The number of carbonyl (C=O) groups is 2. The molecule has 0 aliphatic rings. The van der Waals surface area contributed by atoms with E-state index in [1.807, 2.05) is 31.2 Å². The number of nitrogens with zero attached hydrogens (tertiary/aromatic N) is 3. The molecule has 0 bridgehead atoms. The van der Waals surface area contributed by atoms with Crippen molar-refractivity contribution in [2.24, 2.45) is 0 Å². The monoisotopic (exact) mass is 348 g/mol. The van der Waals surface area contributed by atoms with Gasteiger partial charge in [0.05, 0.1) is 11.8 Å². The summed E-state index contributed by atoms with van der Waals surface area (Å²) in [6.45, 7) is 3.67. The van der Waals surface area contributed by atoms with Crippen molar-refractivity contribution >= 4 is 35.2 Å². The van der Waals surface area contributed by atoms with Gasteiger partial charge in [-0.1, -0.05) is 29.5 Å². The van der Waals surface area contributed by atoms with E-state index in [2.05, 4.69) is 20.5 Å². The van der Waals surface area contributed by atoms with Crippen molar-refractivity contribution in [2.45, 2.75) is 24.3 Å². The number of aromatic amines is 1. The normalized spacial score (nSPS) is 11.8. The van der Waals surface area contributed by atoms with Crippen molar-refractivity contribution in [1.29, 1.82) is 0 Å². The largest absolute Gasteiger partial charge is 0.368 e. The lowest BCUT2D eigenvalue weighted by Gasteiger charge is -2.20. The van der Waals surface area contributed by atoms with Gasteiger partial charge in [0.25, 0.3) is 0 Å². The van der Waals surface area contributed by atoms with Crippen LogP contribution >= 0.6 is 11.8 Å². The second-order valence-electron chi connectivity index (χ2n) is 5.37. The van der Waals surface area contributed by atoms with Crippen molar-refractivity contribution in [1.82, 2.24) is 20.1 Å². The molecule has 0 spiro atoms. The summed E-state index contributed by atoms with van der Waals surface area (Å²) in [5.41, 5.74) is 7.26. The van der Waals surface area contributed by atoms with Crippen LogP contribution in [-0.2, 0) is 9.59 Å².